The van der Waals surface area contributed by atoms with E-state index in [0.717, 1.165) is 44.7 Å². The number of rotatable bonds is 19. The number of carbonyl (C=O) groups is 2. The molecule has 0 fully saturated rings. The topological polar surface area (TPSA) is 93.1 Å². The molecule has 228 valence electrons. The molecule has 40 heavy (non-hydrogen) atoms. The van der Waals surface area contributed by atoms with Crippen LogP contribution in [0.25, 0.3) is 0 Å². The second-order valence-corrected chi connectivity index (χ2v) is 10.7. The molecule has 0 heterocycles. The Bertz CT molecular complexity index is 935. The minimum absolute atomic E-state index is 0.0296. The van der Waals surface area contributed by atoms with Crippen LogP contribution in [0.1, 0.15) is 83.3 Å². The summed E-state index contributed by atoms with van der Waals surface area (Å²) in [5.41, 5.74) is -0.783. The fourth-order valence-electron chi connectivity index (χ4n) is 4.05. The zero-order chi connectivity index (χ0) is 30.5. The maximum Gasteiger partial charge on any atom is 0.335 e. The fourth-order valence-corrected chi connectivity index (χ4v) is 4.05. The highest BCUT2D eigenvalue weighted by Gasteiger charge is 2.60. The number of hydrogen-bond acceptors (Lipinski definition) is 6. The average Bonchev–Trinajstić information content (AvgIpc) is 2.94. The molecule has 0 radical (unpaired) electrons. The number of aliphatic hydroxyl groups excluding tert-OH is 2. The first-order valence-corrected chi connectivity index (χ1v) is 13.8. The molecule has 4 atom stereocenters. The molecule has 0 saturated heterocycles. The summed E-state index contributed by atoms with van der Waals surface area (Å²) < 4.78 is 70.5. The zero-order valence-corrected chi connectivity index (χ0v) is 23.9. The van der Waals surface area contributed by atoms with Gasteiger partial charge in [0.2, 0.25) is 0 Å². The number of unbranched alkanes of at least 4 members (excludes halogenated alkanes) is 2. The normalized spacial score (nSPS) is 15.2. The van der Waals surface area contributed by atoms with Gasteiger partial charge >= 0.3 is 23.8 Å². The summed E-state index contributed by atoms with van der Waals surface area (Å²) in [6.07, 6.45) is 4.37. The van der Waals surface area contributed by atoms with Crippen LogP contribution in [0.3, 0.4) is 0 Å². The number of halogens is 4. The molecular formula is C30H44F4O6. The first-order chi connectivity index (χ1) is 18.7. The molecule has 4 unspecified atom stereocenters. The van der Waals surface area contributed by atoms with Gasteiger partial charge in [-0.2, -0.15) is 17.6 Å². The molecule has 1 aromatic carbocycles. The smallest absolute Gasteiger partial charge is 0.335 e. The van der Waals surface area contributed by atoms with Gasteiger partial charge in [0.05, 0.1) is 30.6 Å². The van der Waals surface area contributed by atoms with Gasteiger partial charge in [0.1, 0.15) is 13.2 Å². The predicted molar refractivity (Wildman–Crippen MR) is 144 cm³/mol. The van der Waals surface area contributed by atoms with Crippen LogP contribution < -0.4 is 0 Å². The van der Waals surface area contributed by atoms with Crippen molar-refractivity contribution in [3.05, 3.63) is 47.5 Å². The molecule has 0 bridgehead atoms. The average molecular weight is 577 g/mol. The maximum absolute atomic E-state index is 15.1. The number of benzene rings is 1. The van der Waals surface area contributed by atoms with Gasteiger partial charge in [0, 0.05) is 11.5 Å². The van der Waals surface area contributed by atoms with Crippen molar-refractivity contribution in [1.82, 2.24) is 0 Å². The number of hydrogen-bond donors (Lipinski definition) is 2. The Morgan fingerprint density at radius 3 is 2.08 bits per heavy atom. The van der Waals surface area contributed by atoms with E-state index < -0.39 is 60.3 Å². The standard InChI is InChI=1S/C30H44F4O6/c1-6-7-8-9-20(2)10-11-23(5)29(31,32)30(33,34)26-14-12-24(13-15-26)25(18-39-27(37)21(3)16-35)19-40-28(38)22(4)17-36/h12-15,20,22-23,25,35-36H,3,6-11,16-19H2,1-2,4-5H3. The quantitative estimate of drug-likeness (QED) is 0.0858. The van der Waals surface area contributed by atoms with Gasteiger partial charge in [-0.15, -0.1) is 0 Å². The highest BCUT2D eigenvalue weighted by Crippen LogP contribution is 2.48. The van der Waals surface area contributed by atoms with Crippen molar-refractivity contribution in [1.29, 1.82) is 0 Å². The lowest BCUT2D eigenvalue weighted by atomic mass is 9.86. The lowest BCUT2D eigenvalue weighted by Crippen LogP contribution is -2.43. The maximum atomic E-state index is 15.1. The van der Waals surface area contributed by atoms with Crippen LogP contribution >= 0.6 is 0 Å². The summed E-state index contributed by atoms with van der Waals surface area (Å²) in [6.45, 7) is 8.17. The molecule has 0 aliphatic heterocycles. The minimum atomic E-state index is -4.43. The molecule has 0 amide bonds. The minimum Gasteiger partial charge on any atom is -0.465 e. The van der Waals surface area contributed by atoms with Gasteiger partial charge < -0.3 is 19.7 Å². The van der Waals surface area contributed by atoms with Crippen molar-refractivity contribution in [2.75, 3.05) is 26.4 Å². The first-order valence-electron chi connectivity index (χ1n) is 13.8. The van der Waals surface area contributed by atoms with Gasteiger partial charge in [-0.1, -0.05) is 83.7 Å². The van der Waals surface area contributed by atoms with Crippen molar-refractivity contribution in [2.45, 2.75) is 84.0 Å². The number of carbonyl (C=O) groups excluding carboxylic acids is 2. The molecule has 1 rings (SSSR count). The molecule has 0 aliphatic rings. The number of aliphatic hydroxyl groups is 2. The molecule has 2 N–H and O–H groups in total. The highest BCUT2D eigenvalue weighted by atomic mass is 19.3. The van der Waals surface area contributed by atoms with E-state index in [9.17, 15) is 9.59 Å². The van der Waals surface area contributed by atoms with Crippen LogP contribution in [-0.4, -0.2) is 54.5 Å². The number of esters is 2. The summed E-state index contributed by atoms with van der Waals surface area (Å²) in [6, 6.07) is 4.18. The molecule has 0 aromatic heterocycles. The van der Waals surface area contributed by atoms with Gasteiger partial charge in [0.25, 0.3) is 0 Å². The number of ether oxygens (including phenoxy) is 2. The van der Waals surface area contributed by atoms with E-state index in [2.05, 4.69) is 13.5 Å². The van der Waals surface area contributed by atoms with E-state index in [1.54, 1.807) is 0 Å². The van der Waals surface area contributed by atoms with Crippen LogP contribution in [0.4, 0.5) is 17.6 Å². The highest BCUT2D eigenvalue weighted by molar-refractivity contribution is 5.87. The van der Waals surface area contributed by atoms with Crippen LogP contribution in [0.5, 0.6) is 0 Å². The third-order valence-corrected chi connectivity index (χ3v) is 7.17. The first kappa shape index (κ1) is 35.6. The molecule has 6 nitrogen and oxygen atoms in total. The Kier molecular flexibility index (Phi) is 14.9. The SMILES string of the molecule is C=C(CO)C(=O)OCC(COC(=O)C(C)CO)c1ccc(C(F)(F)C(F)(F)C(C)CCC(C)CCCCC)cc1. The van der Waals surface area contributed by atoms with Crippen molar-refractivity contribution < 1.29 is 46.8 Å². The van der Waals surface area contributed by atoms with Crippen LogP contribution in [-0.2, 0) is 25.0 Å². The van der Waals surface area contributed by atoms with E-state index in [-0.39, 0.29) is 31.1 Å². The monoisotopic (exact) mass is 576 g/mol. The fraction of sp³-hybridized carbons (Fsp3) is 0.667. The van der Waals surface area contributed by atoms with E-state index >= 15 is 17.6 Å². The van der Waals surface area contributed by atoms with Crippen LogP contribution in [0, 0.1) is 17.8 Å². The third kappa shape index (κ3) is 10.2. The van der Waals surface area contributed by atoms with E-state index in [1.165, 1.54) is 19.1 Å². The van der Waals surface area contributed by atoms with E-state index in [4.69, 9.17) is 19.7 Å². The second kappa shape index (κ2) is 16.7. The van der Waals surface area contributed by atoms with Crippen LogP contribution in [0.2, 0.25) is 0 Å². The molecule has 0 spiro atoms. The summed E-state index contributed by atoms with van der Waals surface area (Å²) in [4.78, 5) is 23.9. The van der Waals surface area contributed by atoms with Crippen molar-refractivity contribution in [2.24, 2.45) is 17.8 Å². The second-order valence-electron chi connectivity index (χ2n) is 10.7. The lowest BCUT2D eigenvalue weighted by Gasteiger charge is -2.32. The van der Waals surface area contributed by atoms with E-state index in [0.29, 0.717) is 12.0 Å². The summed E-state index contributed by atoms with van der Waals surface area (Å²) in [7, 11) is 0. The Morgan fingerprint density at radius 1 is 0.925 bits per heavy atom. The Balaban J connectivity index is 3.04. The van der Waals surface area contributed by atoms with Gasteiger partial charge in [0.15, 0.2) is 0 Å². The summed E-state index contributed by atoms with van der Waals surface area (Å²) in [5.74, 6) is -13.4. The largest absolute Gasteiger partial charge is 0.465 e. The Labute approximate surface area is 234 Å². The van der Waals surface area contributed by atoms with Crippen molar-refractivity contribution in [3.8, 4) is 0 Å². The van der Waals surface area contributed by atoms with E-state index in [1.807, 2.05) is 6.92 Å². The van der Waals surface area contributed by atoms with Crippen molar-refractivity contribution >= 4 is 11.9 Å². The zero-order valence-electron chi connectivity index (χ0n) is 23.9. The number of alkyl halides is 4. The Morgan fingerprint density at radius 2 is 1.52 bits per heavy atom. The molecule has 1 aromatic rings. The molecule has 0 saturated carbocycles. The molecule has 0 aliphatic carbocycles. The molecule has 10 heteroatoms. The predicted octanol–water partition coefficient (Wildman–Crippen LogP) is 6.39. The van der Waals surface area contributed by atoms with Crippen molar-refractivity contribution in [3.63, 3.8) is 0 Å². The Hall–Kier alpha value is -2.46. The van der Waals surface area contributed by atoms with Gasteiger partial charge in [-0.25, -0.2) is 4.79 Å². The van der Waals surface area contributed by atoms with Gasteiger partial charge in [-0.05, 0) is 24.8 Å². The summed E-state index contributed by atoms with van der Waals surface area (Å²) >= 11 is 0. The van der Waals surface area contributed by atoms with Gasteiger partial charge in [-0.3, -0.25) is 4.79 Å². The summed E-state index contributed by atoms with van der Waals surface area (Å²) in [5, 5.41) is 18.2. The lowest BCUT2D eigenvalue weighted by molar-refractivity contribution is -0.242. The van der Waals surface area contributed by atoms with Crippen LogP contribution in [0.15, 0.2) is 36.4 Å². The molecular weight excluding hydrogens is 532 g/mol. The third-order valence-electron chi connectivity index (χ3n) is 7.17.